The van der Waals surface area contributed by atoms with Crippen molar-refractivity contribution in [1.82, 2.24) is 14.5 Å². The van der Waals surface area contributed by atoms with E-state index in [4.69, 9.17) is 4.74 Å². The Morgan fingerprint density at radius 3 is 2.49 bits per heavy atom. The smallest absolute Gasteiger partial charge is 0.320 e. The molecule has 9 heteroatoms. The molecular weight excluding hydrogens is 469 g/mol. The first-order chi connectivity index (χ1) is 16.7. The summed E-state index contributed by atoms with van der Waals surface area (Å²) >= 11 is 0. The van der Waals surface area contributed by atoms with Crippen molar-refractivity contribution in [1.29, 1.82) is 0 Å². The molecule has 1 spiro atoms. The third-order valence-electron chi connectivity index (χ3n) is 7.75. The molecule has 0 radical (unpaired) electrons. The molecule has 0 bridgehead atoms. The number of likely N-dealkylation sites (tertiary alicyclic amines) is 2. The molecule has 2 aliphatic heterocycles. The van der Waals surface area contributed by atoms with Gasteiger partial charge in [0, 0.05) is 37.2 Å². The summed E-state index contributed by atoms with van der Waals surface area (Å²) in [6.07, 6.45) is 3.94. The van der Waals surface area contributed by atoms with Gasteiger partial charge in [-0.05, 0) is 36.8 Å². The largest absolute Gasteiger partial charge is 0.383 e. The highest BCUT2D eigenvalue weighted by molar-refractivity contribution is 7.88. The zero-order valence-electron chi connectivity index (χ0n) is 20.1. The van der Waals surface area contributed by atoms with Gasteiger partial charge in [-0.25, -0.2) is 22.3 Å². The Hall–Kier alpha value is -2.49. The number of sulfonamides is 1. The van der Waals surface area contributed by atoms with E-state index in [9.17, 15) is 13.2 Å². The average Bonchev–Trinajstić information content (AvgIpc) is 3.53. The van der Waals surface area contributed by atoms with Crippen LogP contribution in [0.25, 0.3) is 11.1 Å². The molecule has 2 heterocycles. The molecule has 2 aromatic rings. The second-order valence-corrected chi connectivity index (χ2v) is 11.9. The molecule has 5 rings (SSSR count). The fourth-order valence-electron chi connectivity index (χ4n) is 5.67. The van der Waals surface area contributed by atoms with Crippen molar-refractivity contribution >= 4 is 16.1 Å². The van der Waals surface area contributed by atoms with Crippen LogP contribution < -0.4 is 4.72 Å². The minimum atomic E-state index is -3.52. The maximum Gasteiger partial charge on any atom is 0.320 e. The van der Waals surface area contributed by atoms with E-state index in [1.54, 1.807) is 29.0 Å². The predicted octanol–water partition coefficient (Wildman–Crippen LogP) is 3.26. The van der Waals surface area contributed by atoms with E-state index in [0.29, 0.717) is 30.8 Å². The number of rotatable bonds is 7. The summed E-state index contributed by atoms with van der Waals surface area (Å²) in [7, 11) is -1.90. The van der Waals surface area contributed by atoms with Crippen molar-refractivity contribution in [2.75, 3.05) is 33.1 Å². The summed E-state index contributed by atoms with van der Waals surface area (Å²) in [6.45, 7) is 1.58. The van der Waals surface area contributed by atoms with Crippen LogP contribution in [0.15, 0.2) is 48.5 Å². The Morgan fingerprint density at radius 1 is 1.14 bits per heavy atom. The van der Waals surface area contributed by atoms with Gasteiger partial charge in [-0.1, -0.05) is 48.5 Å². The molecule has 3 atom stereocenters. The Bertz CT molecular complexity index is 1200. The maximum absolute atomic E-state index is 15.7. The van der Waals surface area contributed by atoms with Crippen LogP contribution in [0.4, 0.5) is 9.18 Å². The molecule has 2 amide bonds. The Balaban J connectivity index is 1.48. The number of carbonyl (C=O) groups is 1. The number of hydrogen-bond acceptors (Lipinski definition) is 4. The van der Waals surface area contributed by atoms with Crippen molar-refractivity contribution in [2.45, 2.75) is 43.8 Å². The van der Waals surface area contributed by atoms with Crippen LogP contribution in [-0.4, -0.2) is 75.4 Å². The van der Waals surface area contributed by atoms with E-state index in [0.717, 1.165) is 31.1 Å². The van der Waals surface area contributed by atoms with E-state index in [-0.39, 0.29) is 29.7 Å². The molecule has 7 nitrogen and oxygen atoms in total. The normalized spacial score (nSPS) is 25.1. The Kier molecular flexibility index (Phi) is 6.35. The molecule has 188 valence electrons. The molecule has 2 saturated heterocycles. The summed E-state index contributed by atoms with van der Waals surface area (Å²) in [4.78, 5) is 17.2. The predicted molar refractivity (Wildman–Crippen MR) is 132 cm³/mol. The highest BCUT2D eigenvalue weighted by Gasteiger charge is 2.62. The number of nitrogens with zero attached hydrogens (tertiary/aromatic N) is 2. The van der Waals surface area contributed by atoms with Crippen molar-refractivity contribution in [3.63, 3.8) is 0 Å². The number of methoxy groups -OCH3 is 1. The number of benzene rings is 2. The van der Waals surface area contributed by atoms with E-state index in [1.807, 2.05) is 36.4 Å². The number of halogens is 1. The van der Waals surface area contributed by atoms with E-state index in [2.05, 4.69) is 4.72 Å². The Labute approximate surface area is 206 Å². The molecule has 0 aromatic heterocycles. The minimum Gasteiger partial charge on any atom is -0.383 e. The maximum atomic E-state index is 15.7. The summed E-state index contributed by atoms with van der Waals surface area (Å²) in [6, 6.07) is 13.6. The van der Waals surface area contributed by atoms with Crippen LogP contribution in [0.3, 0.4) is 0 Å². The fourth-order valence-corrected chi connectivity index (χ4v) is 6.54. The zero-order valence-corrected chi connectivity index (χ0v) is 20.9. The molecule has 3 fully saturated rings. The number of carbonyl (C=O) groups excluding carboxylic acids is 1. The number of hydrogen-bond donors (Lipinski definition) is 1. The van der Waals surface area contributed by atoms with E-state index >= 15 is 4.39 Å². The fraction of sp³-hybridized carbons (Fsp3) is 0.500. The lowest BCUT2D eigenvalue weighted by molar-refractivity contribution is 0.0324. The molecule has 2 aromatic carbocycles. The lowest BCUT2D eigenvalue weighted by Gasteiger charge is -2.44. The number of urea groups is 1. The van der Waals surface area contributed by atoms with Crippen molar-refractivity contribution in [2.24, 2.45) is 5.41 Å². The quantitative estimate of drug-likeness (QED) is 0.632. The van der Waals surface area contributed by atoms with Gasteiger partial charge >= 0.3 is 6.03 Å². The topological polar surface area (TPSA) is 79.0 Å². The van der Waals surface area contributed by atoms with Gasteiger partial charge in [-0.2, -0.15) is 0 Å². The van der Waals surface area contributed by atoms with Gasteiger partial charge in [0.2, 0.25) is 10.0 Å². The summed E-state index contributed by atoms with van der Waals surface area (Å²) in [5, 5.41) is 0. The van der Waals surface area contributed by atoms with Crippen LogP contribution in [0.2, 0.25) is 0 Å². The third kappa shape index (κ3) is 4.69. The molecule has 3 aliphatic rings. The standard InChI is InChI=1S/C26H32FN3O4S/c1-34-16-20-11-14-29(20)25(31)30-17-26(12-13-26)24(28-35(2,32)33)22(30)15-19-9-6-10-21(23(19)27)18-7-4-3-5-8-18/h3-10,20,22,24,28H,11-17H2,1-2H3/t20-,22-,24+/m0/s1. The average molecular weight is 502 g/mol. The minimum absolute atomic E-state index is 0.0170. The van der Waals surface area contributed by atoms with Crippen molar-refractivity contribution in [3.05, 3.63) is 59.9 Å². The van der Waals surface area contributed by atoms with Gasteiger partial charge in [-0.3, -0.25) is 0 Å². The van der Waals surface area contributed by atoms with Crippen molar-refractivity contribution in [3.8, 4) is 11.1 Å². The van der Waals surface area contributed by atoms with Crippen LogP contribution in [0.5, 0.6) is 0 Å². The number of amides is 2. The summed E-state index contributed by atoms with van der Waals surface area (Å²) in [5.41, 5.74) is 1.46. The lowest BCUT2D eigenvalue weighted by Crippen LogP contribution is -2.59. The first-order valence-corrected chi connectivity index (χ1v) is 14.0. The second kappa shape index (κ2) is 9.19. The highest BCUT2D eigenvalue weighted by atomic mass is 32.2. The van der Waals surface area contributed by atoms with Gasteiger partial charge in [-0.15, -0.1) is 0 Å². The van der Waals surface area contributed by atoms with Gasteiger partial charge < -0.3 is 14.5 Å². The summed E-state index contributed by atoms with van der Waals surface area (Å²) < 4.78 is 48.4. The number of ether oxygens (including phenoxy) is 1. The molecule has 1 saturated carbocycles. The zero-order chi connectivity index (χ0) is 24.8. The lowest BCUT2D eigenvalue weighted by atomic mass is 9.91. The molecular formula is C26H32FN3O4S. The van der Waals surface area contributed by atoms with Gasteiger partial charge in [0.1, 0.15) is 5.82 Å². The molecule has 1 N–H and O–H groups in total. The third-order valence-corrected chi connectivity index (χ3v) is 8.43. The van der Waals surface area contributed by atoms with Crippen molar-refractivity contribution < 1.29 is 22.3 Å². The van der Waals surface area contributed by atoms with Crippen LogP contribution >= 0.6 is 0 Å². The van der Waals surface area contributed by atoms with Gasteiger partial charge in [0.25, 0.3) is 0 Å². The molecule has 1 aliphatic carbocycles. The monoisotopic (exact) mass is 501 g/mol. The second-order valence-electron chi connectivity index (χ2n) is 10.1. The molecule has 0 unspecified atom stereocenters. The van der Waals surface area contributed by atoms with Crippen LogP contribution in [0.1, 0.15) is 24.8 Å². The first kappa shape index (κ1) is 24.2. The van der Waals surface area contributed by atoms with E-state index < -0.39 is 22.1 Å². The van der Waals surface area contributed by atoms with Gasteiger partial charge in [0.15, 0.2) is 0 Å². The van der Waals surface area contributed by atoms with E-state index in [1.165, 1.54) is 0 Å². The SMILES string of the molecule is COC[C@@H]1CCN1C(=O)N1CC2(CC2)[C@H](NS(C)(=O)=O)[C@@H]1Cc1cccc(-c2ccccc2)c1F. The number of nitrogens with one attached hydrogen (secondary N) is 1. The molecule has 35 heavy (non-hydrogen) atoms. The van der Waals surface area contributed by atoms with Gasteiger partial charge in [0.05, 0.1) is 24.9 Å². The summed E-state index contributed by atoms with van der Waals surface area (Å²) in [5.74, 6) is -0.331. The van der Waals surface area contributed by atoms with Crippen LogP contribution in [0, 0.1) is 11.2 Å². The van der Waals surface area contributed by atoms with Crippen LogP contribution in [-0.2, 0) is 21.2 Å². The highest BCUT2D eigenvalue weighted by Crippen LogP contribution is 2.56. The Morgan fingerprint density at radius 2 is 1.89 bits per heavy atom. The first-order valence-electron chi connectivity index (χ1n) is 12.1.